The Bertz CT molecular complexity index is 851. The molecule has 190 valence electrons. The number of nitrogens with one attached hydrogen (secondary N) is 1. The van der Waals surface area contributed by atoms with Gasteiger partial charge < -0.3 is 24.8 Å². The Hall–Kier alpha value is -2.63. The highest BCUT2D eigenvalue weighted by molar-refractivity contribution is 5.79. The second-order valence-corrected chi connectivity index (χ2v) is 9.87. The molecule has 12 heteroatoms. The van der Waals surface area contributed by atoms with E-state index in [-0.39, 0.29) is 23.8 Å². The topological polar surface area (TPSA) is 90.9 Å². The van der Waals surface area contributed by atoms with Crippen molar-refractivity contribution in [2.75, 3.05) is 50.7 Å². The van der Waals surface area contributed by atoms with Gasteiger partial charge in [-0.05, 0) is 40.7 Å². The monoisotopic (exact) mass is 486 g/mol. The van der Waals surface area contributed by atoms with Gasteiger partial charge in [0.2, 0.25) is 11.9 Å². The molecule has 1 aromatic rings. The van der Waals surface area contributed by atoms with E-state index in [1.807, 2.05) is 27.7 Å². The highest BCUT2D eigenvalue weighted by atomic mass is 19.4. The summed E-state index contributed by atoms with van der Waals surface area (Å²) in [6.45, 7) is 11.2. The van der Waals surface area contributed by atoms with Crippen LogP contribution >= 0.6 is 0 Å². The van der Waals surface area contributed by atoms with Crippen molar-refractivity contribution in [2.24, 2.45) is 5.92 Å². The van der Waals surface area contributed by atoms with Crippen molar-refractivity contribution < 1.29 is 27.5 Å². The highest BCUT2D eigenvalue weighted by Gasteiger charge is 2.34. The maximum atomic E-state index is 13.0. The summed E-state index contributed by atoms with van der Waals surface area (Å²) in [7, 11) is 0. The van der Waals surface area contributed by atoms with Crippen molar-refractivity contribution in [2.45, 2.75) is 51.9 Å². The number of piperazine rings is 1. The molecule has 9 nitrogen and oxygen atoms in total. The molecule has 0 saturated carbocycles. The lowest BCUT2D eigenvalue weighted by Gasteiger charge is -2.36. The fourth-order valence-electron chi connectivity index (χ4n) is 4.16. The lowest BCUT2D eigenvalue weighted by atomic mass is 10.1. The van der Waals surface area contributed by atoms with Gasteiger partial charge in [-0.1, -0.05) is 0 Å². The molecule has 1 N–H and O–H groups in total. The van der Waals surface area contributed by atoms with Gasteiger partial charge in [-0.25, -0.2) is 14.8 Å². The molecule has 3 heterocycles. The van der Waals surface area contributed by atoms with Crippen LogP contribution in [0.25, 0.3) is 0 Å². The maximum Gasteiger partial charge on any atom is 0.419 e. The van der Waals surface area contributed by atoms with Crippen molar-refractivity contribution in [1.82, 2.24) is 25.1 Å². The molecular formula is C22H33F3N6O3. The minimum atomic E-state index is -4.47. The van der Waals surface area contributed by atoms with Gasteiger partial charge in [0.05, 0.1) is 11.5 Å². The summed E-state index contributed by atoms with van der Waals surface area (Å²) < 4.78 is 43.4. The first kappa shape index (κ1) is 26.0. The Kier molecular flexibility index (Phi) is 7.89. The van der Waals surface area contributed by atoms with Crippen LogP contribution in [0.1, 0.15) is 39.7 Å². The highest BCUT2D eigenvalue weighted by Crippen LogP contribution is 2.28. The summed E-state index contributed by atoms with van der Waals surface area (Å²) in [5, 5.41) is 2.82. The molecule has 0 radical (unpaired) electrons. The van der Waals surface area contributed by atoms with Gasteiger partial charge in [-0.3, -0.25) is 4.79 Å². The van der Waals surface area contributed by atoms with Gasteiger partial charge in [-0.15, -0.1) is 0 Å². The van der Waals surface area contributed by atoms with Crippen LogP contribution in [0.2, 0.25) is 0 Å². The lowest BCUT2D eigenvalue weighted by molar-refractivity contribution is -0.138. The quantitative estimate of drug-likeness (QED) is 0.683. The van der Waals surface area contributed by atoms with E-state index in [4.69, 9.17) is 4.74 Å². The molecule has 0 unspecified atom stereocenters. The minimum Gasteiger partial charge on any atom is -0.444 e. The number of amides is 2. The molecule has 2 atom stereocenters. The number of nitrogens with zero attached hydrogens (tertiary/aromatic N) is 5. The molecule has 2 saturated heterocycles. The predicted octanol–water partition coefficient (Wildman–Crippen LogP) is 2.38. The molecule has 1 aromatic heterocycles. The molecule has 2 aliphatic rings. The second-order valence-electron chi connectivity index (χ2n) is 9.87. The number of rotatable bonds is 5. The molecule has 2 aliphatic heterocycles. The van der Waals surface area contributed by atoms with Gasteiger partial charge in [0.25, 0.3) is 0 Å². The second kappa shape index (κ2) is 10.3. The van der Waals surface area contributed by atoms with Crippen LogP contribution in [0.5, 0.6) is 0 Å². The van der Waals surface area contributed by atoms with Crippen molar-refractivity contribution in [3.05, 3.63) is 18.0 Å². The lowest BCUT2D eigenvalue weighted by Crippen LogP contribution is -2.51. The number of alkyl carbamates (subject to hydrolysis) is 1. The first-order valence-corrected chi connectivity index (χ1v) is 11.5. The number of likely N-dealkylation sites (tertiary alicyclic amines) is 1. The third kappa shape index (κ3) is 7.18. The van der Waals surface area contributed by atoms with E-state index < -0.39 is 23.4 Å². The Morgan fingerprint density at radius 1 is 1.12 bits per heavy atom. The summed E-state index contributed by atoms with van der Waals surface area (Å²) in [6, 6.07) is -0.115. The van der Waals surface area contributed by atoms with E-state index in [2.05, 4.69) is 20.2 Å². The zero-order valence-corrected chi connectivity index (χ0v) is 20.1. The van der Waals surface area contributed by atoms with Gasteiger partial charge in [0.15, 0.2) is 0 Å². The maximum absolute atomic E-state index is 13.0. The van der Waals surface area contributed by atoms with Crippen molar-refractivity contribution >= 4 is 17.9 Å². The third-order valence-electron chi connectivity index (χ3n) is 5.76. The van der Waals surface area contributed by atoms with Crippen LogP contribution in [-0.4, -0.2) is 89.2 Å². The Balaban J connectivity index is 1.43. The summed E-state index contributed by atoms with van der Waals surface area (Å²) >= 11 is 0. The molecule has 0 bridgehead atoms. The molecule has 34 heavy (non-hydrogen) atoms. The molecule has 0 aliphatic carbocycles. The van der Waals surface area contributed by atoms with Crippen molar-refractivity contribution in [3.63, 3.8) is 0 Å². The SMILES string of the molecule is C[C@@H](CN1CC[C@@H](C(=O)N2CCN(c3ncc(C(F)(F)F)cn3)CC2)C1)NC(=O)OC(C)(C)C. The fraction of sp³-hybridized carbons (Fsp3) is 0.727. The van der Waals surface area contributed by atoms with Crippen molar-refractivity contribution in [3.8, 4) is 0 Å². The van der Waals surface area contributed by atoms with Crippen LogP contribution in [0.4, 0.5) is 23.9 Å². The average Bonchev–Trinajstić information content (AvgIpc) is 3.19. The first-order valence-electron chi connectivity index (χ1n) is 11.5. The summed E-state index contributed by atoms with van der Waals surface area (Å²) in [4.78, 5) is 38.4. The molecule has 0 spiro atoms. The predicted molar refractivity (Wildman–Crippen MR) is 119 cm³/mol. The van der Waals surface area contributed by atoms with E-state index in [0.29, 0.717) is 39.3 Å². The average molecular weight is 487 g/mol. The number of hydrogen-bond acceptors (Lipinski definition) is 7. The van der Waals surface area contributed by atoms with Gasteiger partial charge in [0, 0.05) is 57.7 Å². The Morgan fingerprint density at radius 3 is 2.29 bits per heavy atom. The number of carbonyl (C=O) groups excluding carboxylic acids is 2. The van der Waals surface area contributed by atoms with E-state index in [1.165, 1.54) is 0 Å². The van der Waals surface area contributed by atoms with Gasteiger partial charge in [-0.2, -0.15) is 13.2 Å². The standard InChI is InChI=1S/C22H33F3N6O3/c1-15(28-20(33)34-21(2,3)4)13-29-6-5-16(14-29)18(32)30-7-9-31(10-8-30)19-26-11-17(12-27-19)22(23,24)25/h11-12,15-16H,5-10,13-14H2,1-4H3,(H,28,33)/t15-,16+/m0/s1. The number of anilines is 1. The van der Waals surface area contributed by atoms with E-state index in [9.17, 15) is 22.8 Å². The number of ether oxygens (including phenoxy) is 1. The van der Waals surface area contributed by atoms with E-state index >= 15 is 0 Å². The Labute approximate surface area is 197 Å². The number of alkyl halides is 3. The van der Waals surface area contributed by atoms with E-state index in [0.717, 1.165) is 25.4 Å². The van der Waals surface area contributed by atoms with Crippen LogP contribution < -0.4 is 10.2 Å². The number of aromatic nitrogens is 2. The van der Waals surface area contributed by atoms with Crippen LogP contribution in [0.15, 0.2) is 12.4 Å². The smallest absolute Gasteiger partial charge is 0.419 e. The zero-order valence-electron chi connectivity index (χ0n) is 20.1. The van der Waals surface area contributed by atoms with Gasteiger partial charge >= 0.3 is 12.3 Å². The van der Waals surface area contributed by atoms with Crippen LogP contribution in [0, 0.1) is 5.92 Å². The largest absolute Gasteiger partial charge is 0.444 e. The number of carbonyl (C=O) groups is 2. The molecular weight excluding hydrogens is 453 g/mol. The van der Waals surface area contributed by atoms with E-state index in [1.54, 1.807) is 9.80 Å². The third-order valence-corrected chi connectivity index (χ3v) is 5.76. The van der Waals surface area contributed by atoms with Crippen LogP contribution in [0.3, 0.4) is 0 Å². The summed E-state index contributed by atoms with van der Waals surface area (Å²) in [5.74, 6) is 0.212. The number of halogens is 3. The van der Waals surface area contributed by atoms with Crippen LogP contribution in [-0.2, 0) is 15.7 Å². The zero-order chi connectivity index (χ0) is 25.1. The molecule has 2 amide bonds. The normalized spacial score (nSPS) is 20.9. The van der Waals surface area contributed by atoms with Crippen molar-refractivity contribution in [1.29, 1.82) is 0 Å². The fourth-order valence-corrected chi connectivity index (χ4v) is 4.16. The molecule has 3 rings (SSSR count). The number of hydrogen-bond donors (Lipinski definition) is 1. The van der Waals surface area contributed by atoms with Gasteiger partial charge in [0.1, 0.15) is 5.60 Å². The molecule has 2 fully saturated rings. The Morgan fingerprint density at radius 2 is 1.74 bits per heavy atom. The summed E-state index contributed by atoms with van der Waals surface area (Å²) in [5.41, 5.74) is -1.44. The first-order chi connectivity index (χ1) is 15.8. The molecule has 0 aromatic carbocycles. The minimum absolute atomic E-state index is 0.0863. The summed E-state index contributed by atoms with van der Waals surface area (Å²) in [6.07, 6.45) is -2.61.